The number of hydrogen-bond acceptors (Lipinski definition) is 2. The molecule has 1 N–H and O–H groups in total. The molecule has 0 fully saturated rings. The van der Waals surface area contributed by atoms with Gasteiger partial charge in [-0.15, -0.1) is 0 Å². The van der Waals surface area contributed by atoms with Crippen LogP contribution in [-0.2, 0) is 6.54 Å². The van der Waals surface area contributed by atoms with E-state index in [0.717, 1.165) is 12.1 Å². The van der Waals surface area contributed by atoms with Crippen molar-refractivity contribution in [2.24, 2.45) is 0 Å². The summed E-state index contributed by atoms with van der Waals surface area (Å²) < 4.78 is 5.52. The van der Waals surface area contributed by atoms with Crippen molar-refractivity contribution in [1.82, 2.24) is 5.32 Å². The van der Waals surface area contributed by atoms with Gasteiger partial charge in [0.15, 0.2) is 0 Å². The number of furan rings is 1. The molecule has 74 valence electrons. The van der Waals surface area contributed by atoms with Crippen LogP contribution in [0, 0.1) is 13.8 Å². The molecule has 0 saturated carbocycles. The summed E-state index contributed by atoms with van der Waals surface area (Å²) in [6, 6.07) is 4.28. The molecule has 2 aromatic rings. The number of hydrogen-bond donors (Lipinski definition) is 1. The molecule has 0 aliphatic carbocycles. The van der Waals surface area contributed by atoms with Gasteiger partial charge in [0, 0.05) is 17.5 Å². The predicted molar refractivity (Wildman–Crippen MR) is 58.5 cm³/mol. The van der Waals surface area contributed by atoms with Gasteiger partial charge in [-0.25, -0.2) is 0 Å². The van der Waals surface area contributed by atoms with Crippen molar-refractivity contribution in [3.05, 3.63) is 35.1 Å². The van der Waals surface area contributed by atoms with Crippen molar-refractivity contribution >= 4 is 11.0 Å². The number of benzene rings is 1. The minimum atomic E-state index is 0.858. The summed E-state index contributed by atoms with van der Waals surface area (Å²) in [5.41, 5.74) is 4.77. The van der Waals surface area contributed by atoms with Crippen LogP contribution in [0.15, 0.2) is 22.8 Å². The minimum Gasteiger partial charge on any atom is -0.464 e. The molecule has 0 unspecified atom stereocenters. The van der Waals surface area contributed by atoms with Crippen molar-refractivity contribution in [2.75, 3.05) is 7.05 Å². The third kappa shape index (κ3) is 1.42. The van der Waals surface area contributed by atoms with Gasteiger partial charge in [-0.05, 0) is 38.1 Å². The van der Waals surface area contributed by atoms with E-state index in [4.69, 9.17) is 4.42 Å². The first-order chi connectivity index (χ1) is 6.72. The van der Waals surface area contributed by atoms with Gasteiger partial charge < -0.3 is 9.73 Å². The molecule has 0 saturated heterocycles. The molecule has 0 aliphatic rings. The zero-order valence-electron chi connectivity index (χ0n) is 8.85. The Morgan fingerprint density at radius 2 is 2.07 bits per heavy atom. The van der Waals surface area contributed by atoms with E-state index < -0.39 is 0 Å². The van der Waals surface area contributed by atoms with Crippen LogP contribution in [0.25, 0.3) is 11.0 Å². The van der Waals surface area contributed by atoms with Crippen LogP contribution < -0.4 is 5.32 Å². The Hall–Kier alpha value is -1.28. The summed E-state index contributed by atoms with van der Waals surface area (Å²) in [7, 11) is 1.95. The normalized spacial score (nSPS) is 11.1. The van der Waals surface area contributed by atoms with Crippen molar-refractivity contribution in [1.29, 1.82) is 0 Å². The molecule has 1 aromatic heterocycles. The summed E-state index contributed by atoms with van der Waals surface area (Å²) in [5.74, 6) is 0. The second kappa shape index (κ2) is 3.46. The standard InChI is InChI=1S/C12H15NO/c1-8-4-9(2)12-10(6-13-3)7-14-11(12)5-8/h4-5,7,13H,6H2,1-3H3. The number of aryl methyl sites for hydroxylation is 2. The van der Waals surface area contributed by atoms with Crippen LogP contribution in [0.5, 0.6) is 0 Å². The topological polar surface area (TPSA) is 25.2 Å². The van der Waals surface area contributed by atoms with Gasteiger partial charge in [-0.3, -0.25) is 0 Å². The lowest BCUT2D eigenvalue weighted by Gasteiger charge is -2.01. The fourth-order valence-corrected chi connectivity index (χ4v) is 1.95. The summed E-state index contributed by atoms with van der Waals surface area (Å²) in [4.78, 5) is 0. The lowest BCUT2D eigenvalue weighted by molar-refractivity contribution is 0.607. The summed E-state index contributed by atoms with van der Waals surface area (Å²) in [6.45, 7) is 5.08. The van der Waals surface area contributed by atoms with Crippen LogP contribution in [0.2, 0.25) is 0 Å². The van der Waals surface area contributed by atoms with Gasteiger partial charge >= 0.3 is 0 Å². The van der Waals surface area contributed by atoms with Gasteiger partial charge in [0.05, 0.1) is 6.26 Å². The molecule has 0 radical (unpaired) electrons. The molecule has 2 heteroatoms. The first kappa shape index (κ1) is 9.28. The molecular weight excluding hydrogens is 174 g/mol. The minimum absolute atomic E-state index is 0.858. The first-order valence-corrected chi connectivity index (χ1v) is 4.84. The summed E-state index contributed by atoms with van der Waals surface area (Å²) in [6.07, 6.45) is 1.84. The van der Waals surface area contributed by atoms with Crippen LogP contribution in [0.1, 0.15) is 16.7 Å². The van der Waals surface area contributed by atoms with E-state index in [1.807, 2.05) is 13.3 Å². The van der Waals surface area contributed by atoms with E-state index >= 15 is 0 Å². The van der Waals surface area contributed by atoms with E-state index in [9.17, 15) is 0 Å². The quantitative estimate of drug-likeness (QED) is 0.785. The maximum Gasteiger partial charge on any atom is 0.134 e. The Kier molecular flexibility index (Phi) is 2.30. The maximum absolute atomic E-state index is 5.52. The van der Waals surface area contributed by atoms with E-state index in [-0.39, 0.29) is 0 Å². The van der Waals surface area contributed by atoms with Gasteiger partial charge in [0.1, 0.15) is 5.58 Å². The van der Waals surface area contributed by atoms with Crippen LogP contribution in [0.3, 0.4) is 0 Å². The fourth-order valence-electron chi connectivity index (χ4n) is 1.95. The highest BCUT2D eigenvalue weighted by molar-refractivity contribution is 5.85. The van der Waals surface area contributed by atoms with Gasteiger partial charge in [-0.2, -0.15) is 0 Å². The highest BCUT2D eigenvalue weighted by Crippen LogP contribution is 2.25. The first-order valence-electron chi connectivity index (χ1n) is 4.84. The average Bonchev–Trinajstić information content (AvgIpc) is 2.49. The fraction of sp³-hybridized carbons (Fsp3) is 0.333. The highest BCUT2D eigenvalue weighted by atomic mass is 16.3. The van der Waals surface area contributed by atoms with Crippen LogP contribution in [-0.4, -0.2) is 7.05 Å². The Morgan fingerprint density at radius 3 is 2.79 bits per heavy atom. The molecule has 0 amide bonds. The van der Waals surface area contributed by atoms with Gasteiger partial charge in [0.2, 0.25) is 0 Å². The summed E-state index contributed by atoms with van der Waals surface area (Å²) >= 11 is 0. The van der Waals surface area contributed by atoms with Crippen LogP contribution in [0.4, 0.5) is 0 Å². The van der Waals surface area contributed by atoms with Gasteiger partial charge in [0.25, 0.3) is 0 Å². The molecule has 0 aliphatic heterocycles. The molecule has 0 atom stereocenters. The Morgan fingerprint density at radius 1 is 1.29 bits per heavy atom. The van der Waals surface area contributed by atoms with Crippen molar-refractivity contribution in [3.63, 3.8) is 0 Å². The molecule has 0 bridgehead atoms. The van der Waals surface area contributed by atoms with Gasteiger partial charge in [-0.1, -0.05) is 6.07 Å². The Balaban J connectivity index is 2.66. The lowest BCUT2D eigenvalue weighted by atomic mass is 10.0. The third-order valence-electron chi connectivity index (χ3n) is 2.46. The van der Waals surface area contributed by atoms with Crippen LogP contribution >= 0.6 is 0 Å². The Labute approximate surface area is 83.9 Å². The van der Waals surface area contributed by atoms with E-state index in [1.54, 1.807) is 0 Å². The second-order valence-electron chi connectivity index (χ2n) is 3.75. The van der Waals surface area contributed by atoms with E-state index in [1.165, 1.54) is 22.1 Å². The predicted octanol–water partition coefficient (Wildman–Crippen LogP) is 2.77. The average molecular weight is 189 g/mol. The number of rotatable bonds is 2. The van der Waals surface area contributed by atoms with Crippen molar-refractivity contribution in [3.8, 4) is 0 Å². The van der Waals surface area contributed by atoms with E-state index in [0.29, 0.717) is 0 Å². The SMILES string of the molecule is CNCc1coc2cc(C)cc(C)c12. The largest absolute Gasteiger partial charge is 0.464 e. The van der Waals surface area contributed by atoms with E-state index in [2.05, 4.69) is 31.3 Å². The molecular formula is C12H15NO. The monoisotopic (exact) mass is 189 g/mol. The number of fused-ring (bicyclic) bond motifs is 1. The zero-order valence-corrected chi connectivity index (χ0v) is 8.85. The lowest BCUT2D eigenvalue weighted by Crippen LogP contribution is -2.04. The zero-order chi connectivity index (χ0) is 10.1. The van der Waals surface area contributed by atoms with Crippen molar-refractivity contribution in [2.45, 2.75) is 20.4 Å². The number of nitrogens with one attached hydrogen (secondary N) is 1. The van der Waals surface area contributed by atoms with Crippen molar-refractivity contribution < 1.29 is 4.42 Å². The molecule has 0 spiro atoms. The Bertz CT molecular complexity index is 457. The highest BCUT2D eigenvalue weighted by Gasteiger charge is 2.07. The smallest absolute Gasteiger partial charge is 0.134 e. The maximum atomic E-state index is 5.52. The third-order valence-corrected chi connectivity index (χ3v) is 2.46. The summed E-state index contributed by atoms with van der Waals surface area (Å²) in [5, 5.41) is 4.40. The molecule has 1 heterocycles. The molecule has 2 nitrogen and oxygen atoms in total. The molecule has 1 aromatic carbocycles. The molecule has 14 heavy (non-hydrogen) atoms. The molecule has 2 rings (SSSR count). The second-order valence-corrected chi connectivity index (χ2v) is 3.75.